The van der Waals surface area contributed by atoms with Crippen LogP contribution < -0.4 is 5.32 Å². The Morgan fingerprint density at radius 2 is 2.10 bits per heavy atom. The Bertz CT molecular complexity index is 1250. The van der Waals surface area contributed by atoms with E-state index < -0.39 is 28.2 Å². The second-order valence-electron chi connectivity index (χ2n) is 6.73. The van der Waals surface area contributed by atoms with Gasteiger partial charge in [-0.05, 0) is 29.8 Å². The van der Waals surface area contributed by atoms with Crippen molar-refractivity contribution in [3.8, 4) is 0 Å². The zero-order chi connectivity index (χ0) is 22.6. The number of anilines is 2. The van der Waals surface area contributed by atoms with Crippen molar-refractivity contribution in [2.24, 2.45) is 0 Å². The second-order valence-corrected chi connectivity index (χ2v) is 9.03. The minimum absolute atomic E-state index is 0.0420. The van der Waals surface area contributed by atoms with E-state index in [1.54, 1.807) is 0 Å². The minimum Gasteiger partial charge on any atom is -0.464 e. The molecule has 0 aliphatic heterocycles. The molecule has 1 atom stereocenters. The SMILES string of the molecule is C=C/C=C(/c1cc(Nc2cc(CS(C)(=N)=O)cc(F)n2)ncc1F)c1occc1CF. The van der Waals surface area contributed by atoms with Gasteiger partial charge in [-0.1, -0.05) is 18.7 Å². The van der Waals surface area contributed by atoms with Crippen LogP contribution in [-0.2, 0) is 22.2 Å². The lowest BCUT2D eigenvalue weighted by molar-refractivity contribution is 0.473. The van der Waals surface area contributed by atoms with Gasteiger partial charge in [-0.3, -0.25) is 4.78 Å². The average molecular weight is 448 g/mol. The fraction of sp³-hybridized carbons (Fsp3) is 0.143. The van der Waals surface area contributed by atoms with Gasteiger partial charge in [-0.15, -0.1) is 0 Å². The molecule has 10 heteroatoms. The Hall–Kier alpha value is -3.40. The van der Waals surface area contributed by atoms with Crippen LogP contribution in [0.2, 0.25) is 0 Å². The molecule has 1 unspecified atom stereocenters. The summed E-state index contributed by atoms with van der Waals surface area (Å²) < 4.78 is 66.4. The lowest BCUT2D eigenvalue weighted by atomic mass is 10.0. The molecule has 3 heterocycles. The molecule has 0 aromatic carbocycles. The Balaban J connectivity index is 2.00. The van der Waals surface area contributed by atoms with E-state index in [2.05, 4.69) is 21.9 Å². The molecule has 0 saturated heterocycles. The van der Waals surface area contributed by atoms with Crippen molar-refractivity contribution in [1.82, 2.24) is 9.97 Å². The van der Waals surface area contributed by atoms with E-state index in [0.717, 1.165) is 12.3 Å². The van der Waals surface area contributed by atoms with Gasteiger partial charge in [0.2, 0.25) is 5.95 Å². The van der Waals surface area contributed by atoms with Gasteiger partial charge in [0.1, 0.15) is 29.9 Å². The number of nitrogens with one attached hydrogen (secondary N) is 2. The van der Waals surface area contributed by atoms with E-state index in [-0.39, 0.29) is 39.8 Å². The lowest BCUT2D eigenvalue weighted by Crippen LogP contribution is -2.04. The number of rotatable bonds is 8. The summed E-state index contributed by atoms with van der Waals surface area (Å²) in [5, 5.41) is 2.77. The quantitative estimate of drug-likeness (QED) is 0.358. The average Bonchev–Trinajstić information content (AvgIpc) is 3.14. The molecule has 0 saturated carbocycles. The van der Waals surface area contributed by atoms with Gasteiger partial charge in [0, 0.05) is 32.7 Å². The van der Waals surface area contributed by atoms with Crippen LogP contribution in [0.1, 0.15) is 22.5 Å². The summed E-state index contributed by atoms with van der Waals surface area (Å²) in [5.74, 6) is -1.35. The standard InChI is InChI=1S/C21H19F3N4O2S/c1-3-4-15(21-14(10-22)5-6-30-21)16-9-19(26-11-17(16)23)28-20-8-13(7-18(24)27-20)12-31(2,25)29/h3-9,11,25H,1,10,12H2,2H3,(H,26,27,28)/b15-4-. The van der Waals surface area contributed by atoms with Crippen molar-refractivity contribution in [1.29, 1.82) is 4.78 Å². The van der Waals surface area contributed by atoms with Gasteiger partial charge in [-0.2, -0.15) is 4.39 Å². The maximum absolute atomic E-state index is 14.6. The second kappa shape index (κ2) is 9.17. The van der Waals surface area contributed by atoms with Crippen molar-refractivity contribution in [2.45, 2.75) is 12.4 Å². The molecular formula is C21H19F3N4O2S. The van der Waals surface area contributed by atoms with Crippen molar-refractivity contribution < 1.29 is 21.8 Å². The fourth-order valence-electron chi connectivity index (χ4n) is 2.94. The van der Waals surface area contributed by atoms with Crippen LogP contribution in [0, 0.1) is 16.5 Å². The monoisotopic (exact) mass is 448 g/mol. The third kappa shape index (κ3) is 5.60. The molecule has 6 nitrogen and oxygen atoms in total. The van der Waals surface area contributed by atoms with Crippen LogP contribution >= 0.6 is 0 Å². The third-order valence-electron chi connectivity index (χ3n) is 4.12. The van der Waals surface area contributed by atoms with Crippen molar-refractivity contribution >= 4 is 26.9 Å². The number of aromatic nitrogens is 2. The highest BCUT2D eigenvalue weighted by molar-refractivity contribution is 7.90. The van der Waals surface area contributed by atoms with Crippen LogP contribution in [-0.4, -0.2) is 20.4 Å². The van der Waals surface area contributed by atoms with E-state index in [0.29, 0.717) is 5.56 Å². The molecule has 0 aliphatic carbocycles. The van der Waals surface area contributed by atoms with Crippen molar-refractivity contribution in [3.05, 3.63) is 89.7 Å². The molecule has 3 rings (SSSR count). The summed E-state index contributed by atoms with van der Waals surface area (Å²) in [6.45, 7) is 2.80. The first-order valence-corrected chi connectivity index (χ1v) is 11.1. The van der Waals surface area contributed by atoms with Crippen LogP contribution in [0.4, 0.5) is 24.8 Å². The highest BCUT2D eigenvalue weighted by Crippen LogP contribution is 2.31. The van der Waals surface area contributed by atoms with Gasteiger partial charge in [-0.25, -0.2) is 23.0 Å². The zero-order valence-electron chi connectivity index (χ0n) is 16.5. The number of nitrogens with zero attached hydrogens (tertiary/aromatic N) is 2. The zero-order valence-corrected chi connectivity index (χ0v) is 17.3. The minimum atomic E-state index is -2.89. The molecule has 3 aromatic rings. The van der Waals surface area contributed by atoms with Gasteiger partial charge < -0.3 is 9.73 Å². The summed E-state index contributed by atoms with van der Waals surface area (Å²) >= 11 is 0. The highest BCUT2D eigenvalue weighted by atomic mass is 32.2. The van der Waals surface area contributed by atoms with Crippen LogP contribution in [0.5, 0.6) is 0 Å². The molecular weight excluding hydrogens is 429 g/mol. The largest absolute Gasteiger partial charge is 0.464 e. The van der Waals surface area contributed by atoms with Crippen molar-refractivity contribution in [3.63, 3.8) is 0 Å². The molecule has 0 aliphatic rings. The fourth-order valence-corrected chi connectivity index (χ4v) is 3.75. The van der Waals surface area contributed by atoms with Crippen molar-refractivity contribution in [2.75, 3.05) is 11.6 Å². The first kappa shape index (κ1) is 22.3. The molecule has 162 valence electrons. The topological polar surface area (TPSA) is 91.9 Å². The number of hydrogen-bond donors (Lipinski definition) is 2. The summed E-state index contributed by atoms with van der Waals surface area (Å²) in [5.41, 5.74) is 0.869. The molecule has 0 spiro atoms. The number of halogens is 3. The van der Waals surface area contributed by atoms with Gasteiger partial charge in [0.15, 0.2) is 0 Å². The number of alkyl halides is 1. The van der Waals surface area contributed by atoms with Crippen LogP contribution in [0.15, 0.2) is 59.9 Å². The number of pyridine rings is 2. The number of hydrogen-bond acceptors (Lipinski definition) is 6. The Labute approximate surface area is 177 Å². The summed E-state index contributed by atoms with van der Waals surface area (Å²) in [4.78, 5) is 7.64. The molecule has 31 heavy (non-hydrogen) atoms. The molecule has 0 fully saturated rings. The number of furan rings is 1. The summed E-state index contributed by atoms with van der Waals surface area (Å²) in [6.07, 6.45) is 6.40. The van der Waals surface area contributed by atoms with E-state index >= 15 is 0 Å². The molecule has 0 bridgehead atoms. The number of allylic oxidation sites excluding steroid dienone is 2. The summed E-state index contributed by atoms with van der Waals surface area (Å²) in [7, 11) is -2.89. The molecule has 0 radical (unpaired) electrons. The van der Waals surface area contributed by atoms with Gasteiger partial charge in [0.25, 0.3) is 0 Å². The van der Waals surface area contributed by atoms with E-state index in [1.165, 1.54) is 42.9 Å². The highest BCUT2D eigenvalue weighted by Gasteiger charge is 2.18. The van der Waals surface area contributed by atoms with E-state index in [4.69, 9.17) is 9.20 Å². The lowest BCUT2D eigenvalue weighted by Gasteiger charge is -2.11. The first-order chi connectivity index (χ1) is 14.7. The first-order valence-electron chi connectivity index (χ1n) is 8.96. The smallest absolute Gasteiger partial charge is 0.215 e. The van der Waals surface area contributed by atoms with Crippen LogP contribution in [0.25, 0.3) is 5.57 Å². The molecule has 3 aromatic heterocycles. The maximum atomic E-state index is 14.6. The Morgan fingerprint density at radius 1 is 1.32 bits per heavy atom. The maximum Gasteiger partial charge on any atom is 0.215 e. The van der Waals surface area contributed by atoms with E-state index in [1.807, 2.05) is 0 Å². The predicted octanol–water partition coefficient (Wildman–Crippen LogP) is 5.36. The normalized spacial score (nSPS) is 13.6. The van der Waals surface area contributed by atoms with E-state index in [9.17, 15) is 17.4 Å². The molecule has 2 N–H and O–H groups in total. The Morgan fingerprint density at radius 3 is 2.77 bits per heavy atom. The third-order valence-corrected chi connectivity index (χ3v) is 5.00. The molecule has 0 amide bonds. The summed E-state index contributed by atoms with van der Waals surface area (Å²) in [6, 6.07) is 5.31. The van der Waals surface area contributed by atoms with Gasteiger partial charge >= 0.3 is 0 Å². The van der Waals surface area contributed by atoms with Gasteiger partial charge in [0.05, 0.1) is 18.2 Å². The van der Waals surface area contributed by atoms with Crippen LogP contribution in [0.3, 0.4) is 0 Å². The Kier molecular flexibility index (Phi) is 6.59. The predicted molar refractivity (Wildman–Crippen MR) is 113 cm³/mol.